The van der Waals surface area contributed by atoms with Gasteiger partial charge in [-0.2, -0.15) is 0 Å². The van der Waals surface area contributed by atoms with Crippen LogP contribution in [-0.4, -0.2) is 35.1 Å². The van der Waals surface area contributed by atoms with E-state index in [0.29, 0.717) is 39.2 Å². The molecule has 0 saturated heterocycles. The van der Waals surface area contributed by atoms with E-state index in [0.717, 1.165) is 0 Å². The van der Waals surface area contributed by atoms with Crippen molar-refractivity contribution in [2.45, 2.75) is 19.3 Å². The maximum atomic E-state index is 12.8. The first-order valence-corrected chi connectivity index (χ1v) is 8.28. The van der Waals surface area contributed by atoms with Gasteiger partial charge in [0.05, 0.1) is 19.0 Å². The van der Waals surface area contributed by atoms with Crippen molar-refractivity contribution < 1.29 is 19.0 Å². The van der Waals surface area contributed by atoms with Crippen molar-refractivity contribution in [3.8, 4) is 11.5 Å². The number of pyridine rings is 1. The fourth-order valence-electron chi connectivity index (χ4n) is 3.36. The lowest BCUT2D eigenvalue weighted by atomic mass is 9.88. The molecule has 1 aliphatic heterocycles. The Morgan fingerprint density at radius 1 is 1.15 bits per heavy atom. The molecule has 1 atom stereocenters. The lowest BCUT2D eigenvalue weighted by Gasteiger charge is -2.15. The zero-order chi connectivity index (χ0) is 19.1. The first-order valence-electron chi connectivity index (χ1n) is 8.28. The van der Waals surface area contributed by atoms with Gasteiger partial charge in [0.1, 0.15) is 0 Å². The third-order valence-corrected chi connectivity index (χ3v) is 4.70. The number of rotatable bonds is 4. The summed E-state index contributed by atoms with van der Waals surface area (Å²) in [7, 11) is 1.26. The Kier molecular flexibility index (Phi) is 3.98. The fraction of sp³-hybridized carbons (Fsp3) is 0.278. The Bertz CT molecular complexity index is 1160. The van der Waals surface area contributed by atoms with Gasteiger partial charge >= 0.3 is 5.97 Å². The summed E-state index contributed by atoms with van der Waals surface area (Å²) in [5, 5.41) is 5.92. The third kappa shape index (κ3) is 2.86. The van der Waals surface area contributed by atoms with Crippen LogP contribution in [0.1, 0.15) is 29.2 Å². The molecular weight excluding hydrogens is 354 g/mol. The zero-order valence-corrected chi connectivity index (χ0v) is 14.7. The van der Waals surface area contributed by atoms with Crippen molar-refractivity contribution in [2.24, 2.45) is 0 Å². The molecule has 0 spiro atoms. The molecule has 0 radical (unpaired) electrons. The summed E-state index contributed by atoms with van der Waals surface area (Å²) in [6.45, 7) is 1.82. The van der Waals surface area contributed by atoms with Crippen LogP contribution >= 0.6 is 0 Å². The number of hydrogen-bond donors (Lipinski definition) is 3. The highest BCUT2D eigenvalue weighted by molar-refractivity contribution is 5.83. The second-order valence-corrected chi connectivity index (χ2v) is 6.30. The van der Waals surface area contributed by atoms with Gasteiger partial charge in [0.15, 0.2) is 11.5 Å². The lowest BCUT2D eigenvalue weighted by Crippen LogP contribution is -2.23. The summed E-state index contributed by atoms with van der Waals surface area (Å²) in [6.07, 6.45) is -0.141. The van der Waals surface area contributed by atoms with Crippen LogP contribution in [0.5, 0.6) is 11.5 Å². The Morgan fingerprint density at radius 2 is 1.89 bits per heavy atom. The SMILES string of the molecule is COC(=O)C[C@@H](c1cc2cc3c(cc2[nH]c1=O)OCO3)c1c(C)[nH][nH]c1=O. The molecule has 0 aliphatic carbocycles. The summed E-state index contributed by atoms with van der Waals surface area (Å²) in [5.41, 5.74) is 0.969. The van der Waals surface area contributed by atoms with E-state index in [2.05, 4.69) is 15.2 Å². The molecule has 3 N–H and O–H groups in total. The molecule has 0 fully saturated rings. The van der Waals surface area contributed by atoms with Gasteiger partial charge in [-0.1, -0.05) is 0 Å². The van der Waals surface area contributed by atoms with Crippen molar-refractivity contribution in [1.29, 1.82) is 0 Å². The average Bonchev–Trinajstić information content (AvgIpc) is 3.23. The number of carbonyl (C=O) groups is 1. The molecule has 0 unspecified atom stereocenters. The summed E-state index contributed by atoms with van der Waals surface area (Å²) in [5.74, 6) is -0.160. The van der Waals surface area contributed by atoms with Gasteiger partial charge in [0.2, 0.25) is 6.79 Å². The molecule has 27 heavy (non-hydrogen) atoms. The van der Waals surface area contributed by atoms with Crippen molar-refractivity contribution >= 4 is 16.9 Å². The maximum Gasteiger partial charge on any atom is 0.306 e. The first-order chi connectivity index (χ1) is 13.0. The van der Waals surface area contributed by atoms with Crippen LogP contribution < -0.4 is 20.6 Å². The predicted molar refractivity (Wildman–Crippen MR) is 95.3 cm³/mol. The molecule has 0 saturated carbocycles. The molecule has 140 valence electrons. The van der Waals surface area contributed by atoms with E-state index in [4.69, 9.17) is 14.2 Å². The molecule has 3 aromatic rings. The van der Waals surface area contributed by atoms with Gasteiger partial charge in [-0.3, -0.25) is 19.5 Å². The van der Waals surface area contributed by atoms with Crippen molar-refractivity contribution in [3.63, 3.8) is 0 Å². The number of methoxy groups -OCH3 is 1. The summed E-state index contributed by atoms with van der Waals surface area (Å²) in [6, 6.07) is 5.10. The molecule has 4 rings (SSSR count). The van der Waals surface area contributed by atoms with Crippen LogP contribution in [-0.2, 0) is 9.53 Å². The number of benzene rings is 1. The highest BCUT2D eigenvalue weighted by Crippen LogP contribution is 2.36. The van der Waals surface area contributed by atoms with Crippen LogP contribution in [0.3, 0.4) is 0 Å². The summed E-state index contributed by atoms with van der Waals surface area (Å²) >= 11 is 0. The number of H-pyrrole nitrogens is 3. The van der Waals surface area contributed by atoms with E-state index in [1.165, 1.54) is 7.11 Å². The second-order valence-electron chi connectivity index (χ2n) is 6.30. The lowest BCUT2D eigenvalue weighted by molar-refractivity contribution is -0.140. The standard InChI is InChI=1S/C18H17N3O6/c1-8-16(18(24)21-20-8)10(5-15(22)25-2)11-3-9-4-13-14(27-7-26-13)6-12(9)19-17(11)23/h3-4,6,10H,5,7H2,1-2H3,(H,19,23)(H2,20,21,24)/t10-/m0/s1. The minimum atomic E-state index is -0.758. The first kappa shape index (κ1) is 17.0. The number of aryl methyl sites for hydroxylation is 1. The van der Waals surface area contributed by atoms with Gasteiger partial charge in [0.25, 0.3) is 11.1 Å². The minimum Gasteiger partial charge on any atom is -0.469 e. The smallest absolute Gasteiger partial charge is 0.306 e. The maximum absolute atomic E-state index is 12.8. The molecule has 0 bridgehead atoms. The number of aromatic nitrogens is 3. The molecule has 0 amide bonds. The average molecular weight is 371 g/mol. The monoisotopic (exact) mass is 371 g/mol. The quantitative estimate of drug-likeness (QED) is 0.593. The second kappa shape index (κ2) is 6.35. The van der Waals surface area contributed by atoms with Gasteiger partial charge in [-0.25, -0.2) is 0 Å². The molecule has 1 aromatic carbocycles. The minimum absolute atomic E-state index is 0.117. The van der Waals surface area contributed by atoms with E-state index in [1.54, 1.807) is 25.1 Å². The number of aromatic amines is 3. The normalized spacial score (nSPS) is 13.7. The Labute approximate surface area is 152 Å². The van der Waals surface area contributed by atoms with Crippen molar-refractivity contribution in [3.05, 3.63) is 55.7 Å². The van der Waals surface area contributed by atoms with Crippen LogP contribution in [0.4, 0.5) is 0 Å². The number of fused-ring (bicyclic) bond motifs is 2. The highest BCUT2D eigenvalue weighted by Gasteiger charge is 2.27. The summed E-state index contributed by atoms with van der Waals surface area (Å²) in [4.78, 5) is 39.8. The molecular formula is C18H17N3O6. The summed E-state index contributed by atoms with van der Waals surface area (Å²) < 4.78 is 15.5. The van der Waals surface area contributed by atoms with E-state index in [-0.39, 0.29) is 18.8 Å². The fourth-order valence-corrected chi connectivity index (χ4v) is 3.36. The Morgan fingerprint density at radius 3 is 2.56 bits per heavy atom. The van der Waals surface area contributed by atoms with Crippen LogP contribution in [0.2, 0.25) is 0 Å². The predicted octanol–water partition coefficient (Wildman–Crippen LogP) is 1.28. The van der Waals surface area contributed by atoms with Gasteiger partial charge < -0.3 is 24.3 Å². The number of esters is 1. The van der Waals surface area contributed by atoms with Gasteiger partial charge in [-0.05, 0) is 19.1 Å². The molecule has 1 aliphatic rings. The molecule has 9 nitrogen and oxygen atoms in total. The molecule has 9 heteroatoms. The number of ether oxygens (including phenoxy) is 3. The number of hydrogen-bond acceptors (Lipinski definition) is 6. The molecule has 2 aromatic heterocycles. The van der Waals surface area contributed by atoms with E-state index >= 15 is 0 Å². The van der Waals surface area contributed by atoms with Crippen LogP contribution in [0.25, 0.3) is 10.9 Å². The van der Waals surface area contributed by atoms with Gasteiger partial charge in [0, 0.05) is 34.2 Å². The van der Waals surface area contributed by atoms with Crippen molar-refractivity contribution in [2.75, 3.05) is 13.9 Å². The Hall–Kier alpha value is -3.49. The highest BCUT2D eigenvalue weighted by atomic mass is 16.7. The molecule has 3 heterocycles. The van der Waals surface area contributed by atoms with Crippen LogP contribution in [0.15, 0.2) is 27.8 Å². The number of carbonyl (C=O) groups excluding carboxylic acids is 1. The van der Waals surface area contributed by atoms with E-state index in [9.17, 15) is 14.4 Å². The largest absolute Gasteiger partial charge is 0.469 e. The third-order valence-electron chi connectivity index (χ3n) is 4.70. The Balaban J connectivity index is 1.91. The zero-order valence-electron chi connectivity index (χ0n) is 14.7. The topological polar surface area (TPSA) is 126 Å². The number of nitrogens with one attached hydrogen (secondary N) is 3. The van der Waals surface area contributed by atoms with Crippen molar-refractivity contribution in [1.82, 2.24) is 15.2 Å². The van der Waals surface area contributed by atoms with E-state index < -0.39 is 17.4 Å². The van der Waals surface area contributed by atoms with E-state index in [1.807, 2.05) is 0 Å². The van der Waals surface area contributed by atoms with Gasteiger partial charge in [-0.15, -0.1) is 0 Å². The van der Waals surface area contributed by atoms with Crippen LogP contribution in [0, 0.1) is 6.92 Å².